The average molecular weight is 289 g/mol. The minimum absolute atomic E-state index is 0.169. The number of rotatable bonds is 7. The van der Waals surface area contributed by atoms with Crippen LogP contribution in [0.25, 0.3) is 0 Å². The molecule has 3 atom stereocenters. The van der Waals surface area contributed by atoms with E-state index >= 15 is 0 Å². The second-order valence-electron chi connectivity index (χ2n) is 4.76. The number of carbonyl (C=O) groups is 2. The first-order valence-electron chi connectivity index (χ1n) is 6.56. The summed E-state index contributed by atoms with van der Waals surface area (Å²) in [5.41, 5.74) is 5.94. The lowest BCUT2D eigenvalue weighted by Gasteiger charge is -2.21. The Bertz CT molecular complexity index is 525. The summed E-state index contributed by atoms with van der Waals surface area (Å²) < 4.78 is 5.18. The van der Waals surface area contributed by atoms with Gasteiger partial charge in [-0.15, -0.1) is 0 Å². The zero-order valence-corrected chi connectivity index (χ0v) is 12.1. The molecule has 0 aliphatic heterocycles. The number of hydrogen-bond acceptors (Lipinski definition) is 4. The summed E-state index contributed by atoms with van der Waals surface area (Å²) in [7, 11) is 1.41. The van der Waals surface area contributed by atoms with Gasteiger partial charge in [-0.3, -0.25) is 9.59 Å². The van der Waals surface area contributed by atoms with E-state index in [2.05, 4.69) is 5.32 Å². The fourth-order valence-corrected chi connectivity index (χ4v) is 1.92. The Morgan fingerprint density at radius 3 is 2.48 bits per heavy atom. The molecule has 0 bridgehead atoms. The lowest BCUT2D eigenvalue weighted by atomic mass is 10.0. The Morgan fingerprint density at radius 2 is 2.00 bits per heavy atom. The van der Waals surface area contributed by atoms with Gasteiger partial charge in [-0.1, -0.05) is 30.3 Å². The van der Waals surface area contributed by atoms with E-state index in [9.17, 15) is 9.59 Å². The first kappa shape index (κ1) is 16.7. The summed E-state index contributed by atoms with van der Waals surface area (Å²) in [6.07, 6.45) is -0.659. The summed E-state index contributed by atoms with van der Waals surface area (Å²) in [6, 6.07) is 10.0. The van der Waals surface area contributed by atoms with Gasteiger partial charge in [0.25, 0.3) is 5.91 Å². The van der Waals surface area contributed by atoms with Gasteiger partial charge in [0.15, 0.2) is 6.10 Å². The third-order valence-corrected chi connectivity index (χ3v) is 3.05. The molecule has 6 nitrogen and oxygen atoms in total. The molecule has 1 aromatic carbocycles. The zero-order valence-electron chi connectivity index (χ0n) is 12.1. The van der Waals surface area contributed by atoms with Gasteiger partial charge in [0, 0.05) is 13.0 Å². The second kappa shape index (κ2) is 8.02. The van der Waals surface area contributed by atoms with Crippen LogP contribution in [0, 0.1) is 17.2 Å². The standard InChI is InChI=1S/C15H19N3O3/c1-10(9-16)8-12(14(17)19)18-15(20)13(21-2)11-6-4-3-5-7-11/h3-7,10,12-13H,8H2,1-2H3,(H2,17,19)(H,18,20)/t10-,12-,13-/m1/s1. The number of benzene rings is 1. The lowest BCUT2D eigenvalue weighted by Crippen LogP contribution is -2.47. The van der Waals surface area contributed by atoms with E-state index in [1.165, 1.54) is 7.11 Å². The molecule has 6 heteroatoms. The Morgan fingerprint density at radius 1 is 1.38 bits per heavy atom. The number of nitriles is 1. The van der Waals surface area contributed by atoms with Gasteiger partial charge in [-0.05, 0) is 18.9 Å². The van der Waals surface area contributed by atoms with Crippen molar-refractivity contribution in [3.8, 4) is 6.07 Å². The summed E-state index contributed by atoms with van der Waals surface area (Å²) in [5, 5.41) is 11.3. The van der Waals surface area contributed by atoms with Gasteiger partial charge in [0.05, 0.1) is 6.07 Å². The zero-order chi connectivity index (χ0) is 15.8. The van der Waals surface area contributed by atoms with E-state index in [0.29, 0.717) is 5.56 Å². The predicted molar refractivity (Wildman–Crippen MR) is 76.7 cm³/mol. The Hall–Kier alpha value is -2.39. The molecule has 1 rings (SSSR count). The summed E-state index contributed by atoms with van der Waals surface area (Å²) in [6.45, 7) is 1.66. The lowest BCUT2D eigenvalue weighted by molar-refractivity contribution is -0.135. The highest BCUT2D eigenvalue weighted by molar-refractivity contribution is 5.89. The maximum atomic E-state index is 12.2. The molecule has 21 heavy (non-hydrogen) atoms. The monoisotopic (exact) mass is 289 g/mol. The van der Waals surface area contributed by atoms with Gasteiger partial charge < -0.3 is 15.8 Å². The third kappa shape index (κ3) is 4.89. The van der Waals surface area contributed by atoms with E-state index in [1.54, 1.807) is 31.2 Å². The van der Waals surface area contributed by atoms with E-state index in [0.717, 1.165) is 0 Å². The van der Waals surface area contributed by atoms with Gasteiger partial charge >= 0.3 is 0 Å². The van der Waals surface area contributed by atoms with Crippen LogP contribution in [0.5, 0.6) is 0 Å². The fourth-order valence-electron chi connectivity index (χ4n) is 1.92. The number of nitrogens with zero attached hydrogens (tertiary/aromatic N) is 1. The number of methoxy groups -OCH3 is 1. The molecular weight excluding hydrogens is 270 g/mol. The summed E-state index contributed by atoms with van der Waals surface area (Å²) in [4.78, 5) is 23.6. The molecule has 0 aliphatic rings. The van der Waals surface area contributed by atoms with Crippen molar-refractivity contribution >= 4 is 11.8 Å². The van der Waals surface area contributed by atoms with Crippen LogP contribution in [-0.4, -0.2) is 25.0 Å². The van der Waals surface area contributed by atoms with Crippen molar-refractivity contribution in [2.75, 3.05) is 7.11 Å². The summed E-state index contributed by atoms with van der Waals surface area (Å²) in [5.74, 6) is -1.52. The van der Waals surface area contributed by atoms with Crippen LogP contribution in [0.4, 0.5) is 0 Å². The first-order valence-corrected chi connectivity index (χ1v) is 6.56. The van der Waals surface area contributed by atoms with Crippen molar-refractivity contribution in [2.45, 2.75) is 25.5 Å². The molecule has 0 saturated heterocycles. The predicted octanol–water partition coefficient (Wildman–Crippen LogP) is 0.894. The molecule has 3 N–H and O–H groups in total. The summed E-state index contributed by atoms with van der Waals surface area (Å²) >= 11 is 0. The van der Waals surface area contributed by atoms with Gasteiger partial charge in [0.1, 0.15) is 6.04 Å². The van der Waals surface area contributed by atoms with Crippen molar-refractivity contribution < 1.29 is 14.3 Å². The molecule has 2 amide bonds. The fraction of sp³-hybridized carbons (Fsp3) is 0.400. The third-order valence-electron chi connectivity index (χ3n) is 3.05. The molecular formula is C15H19N3O3. The SMILES string of the molecule is CO[C@@H](C(=O)N[C@H](C[C@@H](C)C#N)C(N)=O)c1ccccc1. The van der Waals surface area contributed by atoms with Crippen LogP contribution >= 0.6 is 0 Å². The molecule has 0 aromatic heterocycles. The van der Waals surface area contributed by atoms with Gasteiger partial charge in [0.2, 0.25) is 5.91 Å². The number of carbonyl (C=O) groups excluding carboxylic acids is 2. The highest BCUT2D eigenvalue weighted by Crippen LogP contribution is 2.17. The maximum Gasteiger partial charge on any atom is 0.254 e. The molecule has 0 fully saturated rings. The molecule has 0 aliphatic carbocycles. The van der Waals surface area contributed by atoms with E-state index in [1.807, 2.05) is 12.1 Å². The topological polar surface area (TPSA) is 105 Å². The Balaban J connectivity index is 2.80. The van der Waals surface area contributed by atoms with Gasteiger partial charge in [-0.2, -0.15) is 5.26 Å². The molecule has 112 valence electrons. The number of ether oxygens (including phenoxy) is 1. The Labute approximate surface area is 123 Å². The van der Waals surface area contributed by atoms with Crippen molar-refractivity contribution in [1.29, 1.82) is 5.26 Å². The van der Waals surface area contributed by atoms with Crippen molar-refractivity contribution in [2.24, 2.45) is 11.7 Å². The number of nitrogens with two attached hydrogens (primary N) is 1. The molecule has 0 heterocycles. The van der Waals surface area contributed by atoms with Crippen LogP contribution < -0.4 is 11.1 Å². The van der Waals surface area contributed by atoms with Crippen LogP contribution in [0.15, 0.2) is 30.3 Å². The smallest absolute Gasteiger partial charge is 0.254 e. The normalized spacial score (nSPS) is 14.5. The first-order chi connectivity index (χ1) is 9.99. The second-order valence-corrected chi connectivity index (χ2v) is 4.76. The van der Waals surface area contributed by atoms with Crippen LogP contribution in [-0.2, 0) is 14.3 Å². The van der Waals surface area contributed by atoms with Crippen molar-refractivity contribution in [3.05, 3.63) is 35.9 Å². The minimum atomic E-state index is -0.895. The highest BCUT2D eigenvalue weighted by atomic mass is 16.5. The quantitative estimate of drug-likeness (QED) is 0.777. The average Bonchev–Trinajstić information content (AvgIpc) is 2.48. The van der Waals surface area contributed by atoms with E-state index in [4.69, 9.17) is 15.7 Å². The van der Waals surface area contributed by atoms with E-state index < -0.39 is 24.0 Å². The Kier molecular flexibility index (Phi) is 6.37. The number of primary amides is 1. The molecule has 0 unspecified atom stereocenters. The number of amides is 2. The van der Waals surface area contributed by atoms with Crippen molar-refractivity contribution in [1.82, 2.24) is 5.32 Å². The number of hydrogen-bond donors (Lipinski definition) is 2. The molecule has 1 aromatic rings. The molecule has 0 saturated carbocycles. The largest absolute Gasteiger partial charge is 0.368 e. The van der Waals surface area contributed by atoms with Crippen LogP contribution in [0.1, 0.15) is 25.0 Å². The van der Waals surface area contributed by atoms with Crippen LogP contribution in [0.3, 0.4) is 0 Å². The molecule has 0 spiro atoms. The van der Waals surface area contributed by atoms with Crippen LogP contribution in [0.2, 0.25) is 0 Å². The van der Waals surface area contributed by atoms with Crippen molar-refractivity contribution in [3.63, 3.8) is 0 Å². The highest BCUT2D eigenvalue weighted by Gasteiger charge is 2.26. The van der Waals surface area contributed by atoms with Gasteiger partial charge in [-0.25, -0.2) is 0 Å². The molecule has 0 radical (unpaired) electrons. The maximum absolute atomic E-state index is 12.2. The minimum Gasteiger partial charge on any atom is -0.368 e. The number of nitrogens with one attached hydrogen (secondary N) is 1. The van der Waals surface area contributed by atoms with E-state index in [-0.39, 0.29) is 12.3 Å².